The molecule has 1 aliphatic carbocycles. The molecule has 0 aliphatic heterocycles. The van der Waals surface area contributed by atoms with Gasteiger partial charge in [-0.2, -0.15) is 21.6 Å². The molecule has 0 aromatic heterocycles. The summed E-state index contributed by atoms with van der Waals surface area (Å²) in [4.78, 5) is 0. The third-order valence-corrected chi connectivity index (χ3v) is 3.13. The highest BCUT2D eigenvalue weighted by molar-refractivity contribution is 7.87. The molecule has 0 saturated carbocycles. The van der Waals surface area contributed by atoms with E-state index in [1.165, 1.54) is 6.08 Å². The van der Waals surface area contributed by atoms with Crippen LogP contribution in [0, 0.1) is 5.92 Å². The van der Waals surface area contributed by atoms with E-state index >= 15 is 0 Å². The molecule has 3 nitrogen and oxygen atoms in total. The Labute approximate surface area is 86.0 Å². The molecule has 0 saturated heterocycles. The molecule has 7 heteroatoms. The zero-order chi connectivity index (χ0) is 11.7. The van der Waals surface area contributed by atoms with Crippen molar-refractivity contribution < 1.29 is 25.8 Å². The second-order valence-electron chi connectivity index (χ2n) is 3.53. The Kier molecular flexibility index (Phi) is 3.32. The molecule has 0 N–H and O–H groups in total. The lowest BCUT2D eigenvalue weighted by Crippen LogP contribution is -2.25. The summed E-state index contributed by atoms with van der Waals surface area (Å²) in [6.45, 7) is 1.94. The summed E-state index contributed by atoms with van der Waals surface area (Å²) >= 11 is 0. The Morgan fingerprint density at radius 2 is 2.07 bits per heavy atom. The van der Waals surface area contributed by atoms with Gasteiger partial charge in [-0.05, 0) is 24.8 Å². The van der Waals surface area contributed by atoms with Crippen molar-refractivity contribution >= 4 is 10.1 Å². The summed E-state index contributed by atoms with van der Waals surface area (Å²) in [5.74, 6) is 0.247. The fourth-order valence-electron chi connectivity index (χ4n) is 1.21. The van der Waals surface area contributed by atoms with Gasteiger partial charge in [0.05, 0.1) is 0 Å². The number of hydrogen-bond donors (Lipinski definition) is 0. The molecule has 1 rings (SSSR count). The van der Waals surface area contributed by atoms with E-state index in [9.17, 15) is 21.6 Å². The summed E-state index contributed by atoms with van der Waals surface area (Å²) in [5, 5.41) is 0. The van der Waals surface area contributed by atoms with Crippen molar-refractivity contribution in [2.45, 2.75) is 31.7 Å². The van der Waals surface area contributed by atoms with Gasteiger partial charge in [0.1, 0.15) is 5.76 Å². The standard InChI is InChI=1S/C8H11F3O3S/c1-6-2-4-7(5-3-6)14-15(12,13)8(9,10)11/h4,6H,2-3,5H2,1H3. The van der Waals surface area contributed by atoms with Crippen molar-refractivity contribution in [3.8, 4) is 0 Å². The average Bonchev–Trinajstić information content (AvgIpc) is 2.06. The minimum atomic E-state index is -5.48. The Bertz CT molecular complexity index is 356. The normalized spacial score (nSPS) is 23.5. The summed E-state index contributed by atoms with van der Waals surface area (Å²) in [5.41, 5.74) is -5.35. The summed E-state index contributed by atoms with van der Waals surface area (Å²) < 4.78 is 61.0. The molecule has 0 radical (unpaired) electrons. The molecule has 1 aliphatic rings. The Hall–Kier alpha value is -0.720. The van der Waals surface area contributed by atoms with Crippen LogP contribution >= 0.6 is 0 Å². The lowest BCUT2D eigenvalue weighted by molar-refractivity contribution is -0.0524. The highest BCUT2D eigenvalue weighted by atomic mass is 32.2. The molecule has 0 heterocycles. The van der Waals surface area contributed by atoms with Gasteiger partial charge in [0.15, 0.2) is 0 Å². The zero-order valence-corrected chi connectivity index (χ0v) is 8.86. The molecule has 1 unspecified atom stereocenters. The van der Waals surface area contributed by atoms with Crippen LogP contribution in [-0.2, 0) is 14.3 Å². The SMILES string of the molecule is CC1CC=C(OS(=O)(=O)C(F)(F)F)CC1. The Morgan fingerprint density at radius 3 is 2.47 bits per heavy atom. The summed E-state index contributed by atoms with van der Waals surface area (Å²) in [6, 6.07) is 0. The maximum atomic E-state index is 11.9. The van der Waals surface area contributed by atoms with Gasteiger partial charge >= 0.3 is 15.6 Å². The van der Waals surface area contributed by atoms with E-state index < -0.39 is 15.6 Å². The van der Waals surface area contributed by atoms with Crippen molar-refractivity contribution in [3.63, 3.8) is 0 Å². The van der Waals surface area contributed by atoms with Gasteiger partial charge < -0.3 is 4.18 Å². The largest absolute Gasteiger partial charge is 0.534 e. The third-order valence-electron chi connectivity index (χ3n) is 2.13. The minimum absolute atomic E-state index is 0.106. The van der Waals surface area contributed by atoms with Crippen LogP contribution < -0.4 is 0 Å². The predicted molar refractivity (Wildman–Crippen MR) is 47.2 cm³/mol. The van der Waals surface area contributed by atoms with Crippen molar-refractivity contribution in [1.29, 1.82) is 0 Å². The van der Waals surface area contributed by atoms with Gasteiger partial charge in [-0.1, -0.05) is 6.92 Å². The monoisotopic (exact) mass is 244 g/mol. The molecule has 88 valence electrons. The zero-order valence-electron chi connectivity index (χ0n) is 8.04. The van der Waals surface area contributed by atoms with Gasteiger partial charge in [0, 0.05) is 6.42 Å². The van der Waals surface area contributed by atoms with Crippen LogP contribution in [0.15, 0.2) is 11.8 Å². The molecule has 1 atom stereocenters. The smallest absolute Gasteiger partial charge is 0.381 e. The molecular weight excluding hydrogens is 233 g/mol. The van der Waals surface area contributed by atoms with Crippen LogP contribution in [-0.4, -0.2) is 13.9 Å². The van der Waals surface area contributed by atoms with Crippen LogP contribution in [0.4, 0.5) is 13.2 Å². The molecule has 0 amide bonds. The van der Waals surface area contributed by atoms with E-state index in [-0.39, 0.29) is 12.2 Å². The lowest BCUT2D eigenvalue weighted by Gasteiger charge is -2.18. The van der Waals surface area contributed by atoms with Gasteiger partial charge in [0.25, 0.3) is 0 Å². The third kappa shape index (κ3) is 3.12. The number of rotatable bonds is 2. The fraction of sp³-hybridized carbons (Fsp3) is 0.750. The molecule has 0 bridgehead atoms. The van der Waals surface area contributed by atoms with Gasteiger partial charge in [-0.25, -0.2) is 0 Å². The second-order valence-corrected chi connectivity index (χ2v) is 5.07. The maximum Gasteiger partial charge on any atom is 0.534 e. The van der Waals surface area contributed by atoms with E-state index in [1.807, 2.05) is 6.92 Å². The van der Waals surface area contributed by atoms with E-state index in [2.05, 4.69) is 4.18 Å². The van der Waals surface area contributed by atoms with E-state index in [0.29, 0.717) is 18.8 Å². The van der Waals surface area contributed by atoms with Crippen molar-refractivity contribution in [3.05, 3.63) is 11.8 Å². The molecule has 0 fully saturated rings. The molecule has 15 heavy (non-hydrogen) atoms. The van der Waals surface area contributed by atoms with Crippen LogP contribution in [0.5, 0.6) is 0 Å². The highest BCUT2D eigenvalue weighted by Gasteiger charge is 2.48. The Balaban J connectivity index is 2.72. The first-order chi connectivity index (χ1) is 6.72. The number of allylic oxidation sites excluding steroid dienone is 2. The second kappa shape index (κ2) is 4.03. The highest BCUT2D eigenvalue weighted by Crippen LogP contribution is 2.30. The minimum Gasteiger partial charge on any atom is -0.381 e. The van der Waals surface area contributed by atoms with Crippen LogP contribution in [0.3, 0.4) is 0 Å². The lowest BCUT2D eigenvalue weighted by atomic mass is 9.95. The molecule has 0 aromatic rings. The molecule has 0 spiro atoms. The fourth-order valence-corrected chi connectivity index (χ4v) is 1.73. The van der Waals surface area contributed by atoms with Crippen LogP contribution in [0.2, 0.25) is 0 Å². The van der Waals surface area contributed by atoms with E-state index in [4.69, 9.17) is 0 Å². The van der Waals surface area contributed by atoms with Gasteiger partial charge in [0.2, 0.25) is 0 Å². The van der Waals surface area contributed by atoms with Gasteiger partial charge in [-0.15, -0.1) is 0 Å². The van der Waals surface area contributed by atoms with Crippen molar-refractivity contribution in [2.75, 3.05) is 0 Å². The first kappa shape index (κ1) is 12.4. The summed E-state index contributed by atoms with van der Waals surface area (Å²) in [6.07, 6.45) is 2.82. The first-order valence-corrected chi connectivity index (χ1v) is 5.83. The maximum absolute atomic E-state index is 11.9. The average molecular weight is 244 g/mol. The molecule has 0 aromatic carbocycles. The molecular formula is C8H11F3O3S. The first-order valence-electron chi connectivity index (χ1n) is 4.42. The number of halogens is 3. The van der Waals surface area contributed by atoms with Crippen LogP contribution in [0.1, 0.15) is 26.2 Å². The number of hydrogen-bond acceptors (Lipinski definition) is 3. The van der Waals surface area contributed by atoms with Gasteiger partial charge in [-0.3, -0.25) is 0 Å². The van der Waals surface area contributed by atoms with Crippen LogP contribution in [0.25, 0.3) is 0 Å². The van der Waals surface area contributed by atoms with Crippen molar-refractivity contribution in [2.24, 2.45) is 5.92 Å². The van der Waals surface area contributed by atoms with E-state index in [1.54, 1.807) is 0 Å². The summed E-state index contributed by atoms with van der Waals surface area (Å²) in [7, 11) is -5.48. The van der Waals surface area contributed by atoms with E-state index in [0.717, 1.165) is 0 Å². The quantitative estimate of drug-likeness (QED) is 0.554. The number of alkyl halides is 3. The van der Waals surface area contributed by atoms with Crippen molar-refractivity contribution in [1.82, 2.24) is 0 Å². The Morgan fingerprint density at radius 1 is 1.47 bits per heavy atom. The predicted octanol–water partition coefficient (Wildman–Crippen LogP) is 2.56. The topological polar surface area (TPSA) is 43.4 Å².